The minimum absolute atomic E-state index is 0.0492. The number of carbonyl (C=O) groups is 2. The molecular weight excluding hydrogens is 285 g/mol. The van der Waals surface area contributed by atoms with Crippen LogP contribution in [0, 0.1) is 16.7 Å². The average Bonchev–Trinajstić information content (AvgIpc) is 2.35. The van der Waals surface area contributed by atoms with Gasteiger partial charge in [0.15, 0.2) is 0 Å². The maximum Gasteiger partial charge on any atom is 0.417 e. The molecule has 1 N–H and O–H groups in total. The van der Waals surface area contributed by atoms with Gasteiger partial charge in [-0.05, 0) is 25.1 Å². The highest BCUT2D eigenvalue weighted by molar-refractivity contribution is 6.04. The molecule has 1 aromatic carbocycles. The Labute approximate surface area is 118 Å². The van der Waals surface area contributed by atoms with Gasteiger partial charge in [0.1, 0.15) is 5.78 Å². The molecular formula is C14H11F3N2O2. The number of benzene rings is 1. The number of ketones is 1. The number of carbonyl (C=O) groups excluding carboxylic acids is 2. The molecule has 0 radical (unpaired) electrons. The van der Waals surface area contributed by atoms with Gasteiger partial charge in [-0.2, -0.15) is 18.4 Å². The van der Waals surface area contributed by atoms with E-state index in [-0.39, 0.29) is 24.3 Å². The first-order valence-corrected chi connectivity index (χ1v) is 6.10. The Kier molecular flexibility index (Phi) is 3.49. The Hall–Kier alpha value is -2.36. The average molecular weight is 296 g/mol. The fourth-order valence-corrected chi connectivity index (χ4v) is 2.22. The van der Waals surface area contributed by atoms with Crippen molar-refractivity contribution in [2.24, 2.45) is 5.41 Å². The van der Waals surface area contributed by atoms with E-state index in [4.69, 9.17) is 5.26 Å². The fourth-order valence-electron chi connectivity index (χ4n) is 2.22. The summed E-state index contributed by atoms with van der Waals surface area (Å²) in [5, 5.41) is 11.1. The molecule has 0 aromatic heterocycles. The first-order valence-electron chi connectivity index (χ1n) is 6.10. The summed E-state index contributed by atoms with van der Waals surface area (Å²) in [6, 6.07) is 4.42. The molecule has 110 valence electrons. The van der Waals surface area contributed by atoms with E-state index in [9.17, 15) is 22.8 Å². The van der Waals surface area contributed by atoms with Crippen LogP contribution in [0.4, 0.5) is 18.9 Å². The van der Waals surface area contributed by atoms with Crippen LogP contribution in [0.15, 0.2) is 18.2 Å². The van der Waals surface area contributed by atoms with E-state index in [1.807, 2.05) is 0 Å². The van der Waals surface area contributed by atoms with Crippen molar-refractivity contribution < 1.29 is 22.8 Å². The summed E-state index contributed by atoms with van der Waals surface area (Å²) in [5.41, 5.74) is -2.53. The maximum atomic E-state index is 12.8. The molecule has 2 rings (SSSR count). The number of nitrogens with one attached hydrogen (secondary N) is 1. The highest BCUT2D eigenvalue weighted by Gasteiger charge is 2.45. The Balaban J connectivity index is 2.24. The number of nitriles is 1. The molecule has 0 spiro atoms. The lowest BCUT2D eigenvalue weighted by Gasteiger charge is -2.35. The van der Waals surface area contributed by atoms with Gasteiger partial charge in [0, 0.05) is 18.5 Å². The van der Waals surface area contributed by atoms with Crippen LogP contribution in [0.25, 0.3) is 0 Å². The van der Waals surface area contributed by atoms with Crippen molar-refractivity contribution in [2.75, 3.05) is 5.32 Å². The van der Waals surface area contributed by atoms with Gasteiger partial charge in [0.05, 0.1) is 22.6 Å². The molecule has 0 aliphatic heterocycles. The molecule has 0 unspecified atom stereocenters. The zero-order valence-electron chi connectivity index (χ0n) is 11.0. The highest BCUT2D eigenvalue weighted by atomic mass is 19.4. The van der Waals surface area contributed by atoms with Gasteiger partial charge in [-0.15, -0.1) is 0 Å². The van der Waals surface area contributed by atoms with Crippen LogP contribution in [0.1, 0.15) is 30.9 Å². The molecule has 0 atom stereocenters. The SMILES string of the molecule is CC1(C(=O)Nc2ccc(C#N)c(C(F)(F)F)c2)CC(=O)C1. The summed E-state index contributed by atoms with van der Waals surface area (Å²) in [4.78, 5) is 22.9. The van der Waals surface area contributed by atoms with Gasteiger partial charge < -0.3 is 5.32 Å². The summed E-state index contributed by atoms with van der Waals surface area (Å²) >= 11 is 0. The number of Topliss-reactive ketones (excluding diaryl/α,β-unsaturated/α-hetero) is 1. The number of hydrogen-bond acceptors (Lipinski definition) is 3. The van der Waals surface area contributed by atoms with Gasteiger partial charge in [0.25, 0.3) is 0 Å². The second kappa shape index (κ2) is 4.88. The number of amides is 1. The molecule has 1 fully saturated rings. The van der Waals surface area contributed by atoms with Gasteiger partial charge in [-0.1, -0.05) is 0 Å². The van der Waals surface area contributed by atoms with Crippen molar-refractivity contribution in [3.63, 3.8) is 0 Å². The first kappa shape index (κ1) is 15.0. The molecule has 1 saturated carbocycles. The highest BCUT2D eigenvalue weighted by Crippen LogP contribution is 2.39. The summed E-state index contributed by atoms with van der Waals surface area (Å²) in [7, 11) is 0. The molecule has 1 aliphatic rings. The van der Waals surface area contributed by atoms with Gasteiger partial charge in [-0.3, -0.25) is 9.59 Å². The van der Waals surface area contributed by atoms with Gasteiger partial charge in [0.2, 0.25) is 5.91 Å². The predicted octanol–water partition coefficient (Wildman–Crippen LogP) is 2.88. The topological polar surface area (TPSA) is 70.0 Å². The van der Waals surface area contributed by atoms with E-state index in [2.05, 4.69) is 5.32 Å². The normalized spacial score (nSPS) is 16.8. The van der Waals surface area contributed by atoms with E-state index >= 15 is 0 Å². The number of anilines is 1. The molecule has 1 amide bonds. The fraction of sp³-hybridized carbons (Fsp3) is 0.357. The van der Waals surface area contributed by atoms with Crippen molar-refractivity contribution in [3.05, 3.63) is 29.3 Å². The Morgan fingerprint density at radius 2 is 2.00 bits per heavy atom. The molecule has 0 heterocycles. The summed E-state index contributed by atoms with van der Waals surface area (Å²) in [6.45, 7) is 1.58. The van der Waals surface area contributed by atoms with E-state index < -0.39 is 28.6 Å². The lowest BCUT2D eigenvalue weighted by atomic mass is 9.69. The van der Waals surface area contributed by atoms with E-state index in [0.717, 1.165) is 12.1 Å². The lowest BCUT2D eigenvalue weighted by Crippen LogP contribution is -2.44. The monoisotopic (exact) mass is 296 g/mol. The van der Waals surface area contributed by atoms with Crippen molar-refractivity contribution in [1.29, 1.82) is 5.26 Å². The van der Waals surface area contributed by atoms with Crippen LogP contribution in [0.3, 0.4) is 0 Å². The molecule has 21 heavy (non-hydrogen) atoms. The van der Waals surface area contributed by atoms with Gasteiger partial charge in [-0.25, -0.2) is 0 Å². The number of rotatable bonds is 2. The van der Waals surface area contributed by atoms with Crippen molar-refractivity contribution in [3.8, 4) is 6.07 Å². The Bertz CT molecular complexity index is 651. The second-order valence-electron chi connectivity index (χ2n) is 5.28. The van der Waals surface area contributed by atoms with Crippen LogP contribution in [0.2, 0.25) is 0 Å². The molecule has 0 bridgehead atoms. The van der Waals surface area contributed by atoms with E-state index in [1.54, 1.807) is 6.92 Å². The molecule has 1 aliphatic carbocycles. The second-order valence-corrected chi connectivity index (χ2v) is 5.28. The van der Waals surface area contributed by atoms with Crippen LogP contribution >= 0.6 is 0 Å². The summed E-state index contributed by atoms with van der Waals surface area (Å²) < 4.78 is 38.4. The van der Waals surface area contributed by atoms with E-state index in [0.29, 0.717) is 0 Å². The van der Waals surface area contributed by atoms with Crippen LogP contribution in [-0.4, -0.2) is 11.7 Å². The number of nitrogens with zero attached hydrogens (tertiary/aromatic N) is 1. The Morgan fingerprint density at radius 3 is 2.48 bits per heavy atom. The Morgan fingerprint density at radius 1 is 1.38 bits per heavy atom. The van der Waals surface area contributed by atoms with Crippen LogP contribution in [0.5, 0.6) is 0 Å². The standard InChI is InChI=1S/C14H11F3N2O2/c1-13(5-10(20)6-13)12(21)19-9-3-2-8(7-18)11(4-9)14(15,16)17/h2-4H,5-6H2,1H3,(H,19,21). The van der Waals surface area contributed by atoms with Gasteiger partial charge >= 0.3 is 6.18 Å². The minimum atomic E-state index is -4.68. The summed E-state index contributed by atoms with van der Waals surface area (Å²) in [6.07, 6.45) is -4.51. The van der Waals surface area contributed by atoms with Crippen LogP contribution in [-0.2, 0) is 15.8 Å². The van der Waals surface area contributed by atoms with E-state index in [1.165, 1.54) is 12.1 Å². The largest absolute Gasteiger partial charge is 0.417 e. The van der Waals surface area contributed by atoms with Crippen molar-refractivity contribution >= 4 is 17.4 Å². The summed E-state index contributed by atoms with van der Waals surface area (Å²) in [5.74, 6) is -0.552. The third kappa shape index (κ3) is 2.89. The molecule has 7 heteroatoms. The number of hydrogen-bond donors (Lipinski definition) is 1. The van der Waals surface area contributed by atoms with Crippen LogP contribution < -0.4 is 5.32 Å². The quantitative estimate of drug-likeness (QED) is 0.912. The third-order valence-electron chi connectivity index (χ3n) is 3.43. The molecule has 1 aromatic rings. The zero-order valence-corrected chi connectivity index (χ0v) is 11.0. The number of alkyl halides is 3. The maximum absolute atomic E-state index is 12.8. The van der Waals surface area contributed by atoms with Crippen molar-refractivity contribution in [1.82, 2.24) is 0 Å². The lowest BCUT2D eigenvalue weighted by molar-refractivity contribution is -0.142. The first-order chi connectivity index (χ1) is 9.65. The number of halogens is 3. The third-order valence-corrected chi connectivity index (χ3v) is 3.43. The smallest absolute Gasteiger partial charge is 0.326 e. The predicted molar refractivity (Wildman–Crippen MR) is 67.1 cm³/mol. The minimum Gasteiger partial charge on any atom is -0.326 e. The zero-order chi connectivity index (χ0) is 15.8. The molecule has 0 saturated heterocycles. The van der Waals surface area contributed by atoms with Crippen molar-refractivity contribution in [2.45, 2.75) is 25.9 Å². The molecule has 4 nitrogen and oxygen atoms in total.